The van der Waals surface area contributed by atoms with E-state index in [0.29, 0.717) is 11.5 Å². The molecule has 5 nitrogen and oxygen atoms in total. The highest BCUT2D eigenvalue weighted by molar-refractivity contribution is 5.78. The molecule has 1 atom stereocenters. The highest BCUT2D eigenvalue weighted by atomic mass is 19.1. The van der Waals surface area contributed by atoms with E-state index in [1.54, 1.807) is 38.5 Å². The predicted octanol–water partition coefficient (Wildman–Crippen LogP) is 3.10. The van der Waals surface area contributed by atoms with Crippen LogP contribution in [-0.4, -0.2) is 26.7 Å². The third-order valence-corrected chi connectivity index (χ3v) is 3.48. The molecule has 2 aromatic carbocycles. The molecule has 24 heavy (non-hydrogen) atoms. The van der Waals surface area contributed by atoms with Gasteiger partial charge in [0.2, 0.25) is 0 Å². The first-order valence-corrected chi connectivity index (χ1v) is 7.43. The number of amides is 1. The molecule has 0 spiro atoms. The number of carbonyl (C=O) groups is 1. The Kier molecular flexibility index (Phi) is 6.01. The summed E-state index contributed by atoms with van der Waals surface area (Å²) in [5, 5.41) is 2.79. The maximum atomic E-state index is 13.5. The van der Waals surface area contributed by atoms with E-state index < -0.39 is 5.82 Å². The molecule has 128 valence electrons. The zero-order chi connectivity index (χ0) is 17.5. The number of nitrogens with one attached hydrogen (secondary N) is 1. The van der Waals surface area contributed by atoms with E-state index in [1.165, 1.54) is 12.1 Å². The van der Waals surface area contributed by atoms with Crippen molar-refractivity contribution in [1.82, 2.24) is 5.32 Å². The average molecular weight is 333 g/mol. The zero-order valence-electron chi connectivity index (χ0n) is 13.8. The number of methoxy groups -OCH3 is 2. The first-order chi connectivity index (χ1) is 11.5. The predicted molar refractivity (Wildman–Crippen MR) is 88.0 cm³/mol. The number of hydrogen-bond donors (Lipinski definition) is 1. The number of benzene rings is 2. The molecule has 2 rings (SSSR count). The number of halogens is 1. The van der Waals surface area contributed by atoms with Gasteiger partial charge in [0.25, 0.3) is 5.91 Å². The third-order valence-electron chi connectivity index (χ3n) is 3.48. The van der Waals surface area contributed by atoms with Crippen LogP contribution in [0.5, 0.6) is 17.2 Å². The quantitative estimate of drug-likeness (QED) is 0.846. The van der Waals surface area contributed by atoms with E-state index in [0.717, 1.165) is 5.56 Å². The Hall–Kier alpha value is -2.76. The zero-order valence-corrected chi connectivity index (χ0v) is 13.8. The molecule has 1 unspecified atom stereocenters. The fraction of sp³-hybridized carbons (Fsp3) is 0.278. The minimum atomic E-state index is -0.504. The van der Waals surface area contributed by atoms with Crippen molar-refractivity contribution in [3.8, 4) is 17.2 Å². The van der Waals surface area contributed by atoms with Crippen molar-refractivity contribution in [2.45, 2.75) is 13.0 Å². The van der Waals surface area contributed by atoms with Crippen LogP contribution in [0.4, 0.5) is 4.39 Å². The molecule has 0 saturated heterocycles. The SMILES string of the molecule is COc1ccc(C(C)NC(=O)COc2ccccc2F)c(OC)c1. The van der Waals surface area contributed by atoms with Crippen LogP contribution in [0.15, 0.2) is 42.5 Å². The fourth-order valence-electron chi connectivity index (χ4n) is 2.24. The van der Waals surface area contributed by atoms with Crippen LogP contribution in [0.2, 0.25) is 0 Å². The van der Waals surface area contributed by atoms with Crippen LogP contribution >= 0.6 is 0 Å². The maximum absolute atomic E-state index is 13.5. The second kappa shape index (κ2) is 8.19. The Bertz CT molecular complexity index is 705. The van der Waals surface area contributed by atoms with Gasteiger partial charge in [-0.05, 0) is 31.2 Å². The molecule has 0 saturated carbocycles. The van der Waals surface area contributed by atoms with Crippen LogP contribution in [0, 0.1) is 5.82 Å². The van der Waals surface area contributed by atoms with Crippen molar-refractivity contribution in [2.24, 2.45) is 0 Å². The molecular weight excluding hydrogens is 313 g/mol. The monoisotopic (exact) mass is 333 g/mol. The van der Waals surface area contributed by atoms with Gasteiger partial charge >= 0.3 is 0 Å². The third kappa shape index (κ3) is 4.38. The normalized spacial score (nSPS) is 11.5. The second-order valence-corrected chi connectivity index (χ2v) is 5.12. The van der Waals surface area contributed by atoms with E-state index in [2.05, 4.69) is 5.32 Å². The summed E-state index contributed by atoms with van der Waals surface area (Å²) in [4.78, 5) is 12.0. The van der Waals surface area contributed by atoms with Gasteiger partial charge in [-0.25, -0.2) is 4.39 Å². The first kappa shape index (κ1) is 17.6. The Labute approximate surface area is 140 Å². The van der Waals surface area contributed by atoms with Crippen molar-refractivity contribution < 1.29 is 23.4 Å². The molecule has 0 bridgehead atoms. The van der Waals surface area contributed by atoms with E-state index in [4.69, 9.17) is 14.2 Å². The highest BCUT2D eigenvalue weighted by Crippen LogP contribution is 2.29. The Morgan fingerprint density at radius 1 is 1.12 bits per heavy atom. The molecule has 0 fully saturated rings. The minimum Gasteiger partial charge on any atom is -0.497 e. The largest absolute Gasteiger partial charge is 0.497 e. The molecular formula is C18H20FNO4. The number of rotatable bonds is 7. The van der Waals surface area contributed by atoms with Crippen molar-refractivity contribution in [1.29, 1.82) is 0 Å². The fourth-order valence-corrected chi connectivity index (χ4v) is 2.24. The molecule has 1 amide bonds. The molecule has 0 aliphatic carbocycles. The molecule has 0 radical (unpaired) electrons. The number of ether oxygens (including phenoxy) is 3. The van der Waals surface area contributed by atoms with Gasteiger partial charge in [-0.15, -0.1) is 0 Å². The van der Waals surface area contributed by atoms with Crippen molar-refractivity contribution >= 4 is 5.91 Å². The van der Waals surface area contributed by atoms with Crippen LogP contribution in [0.1, 0.15) is 18.5 Å². The van der Waals surface area contributed by atoms with Gasteiger partial charge in [-0.3, -0.25) is 4.79 Å². The lowest BCUT2D eigenvalue weighted by Crippen LogP contribution is -2.31. The standard InChI is InChI=1S/C18H20FNO4/c1-12(14-9-8-13(22-2)10-17(14)23-3)20-18(21)11-24-16-7-5-4-6-15(16)19/h4-10,12H,11H2,1-3H3,(H,20,21). The molecule has 0 aromatic heterocycles. The summed E-state index contributed by atoms with van der Waals surface area (Å²) in [6, 6.07) is 11.0. The second-order valence-electron chi connectivity index (χ2n) is 5.12. The Morgan fingerprint density at radius 3 is 2.54 bits per heavy atom. The molecule has 1 N–H and O–H groups in total. The molecule has 2 aromatic rings. The van der Waals surface area contributed by atoms with E-state index >= 15 is 0 Å². The Morgan fingerprint density at radius 2 is 1.88 bits per heavy atom. The van der Waals surface area contributed by atoms with Crippen molar-refractivity contribution in [3.63, 3.8) is 0 Å². The van der Waals surface area contributed by atoms with Crippen LogP contribution < -0.4 is 19.5 Å². The lowest BCUT2D eigenvalue weighted by Gasteiger charge is -2.18. The molecule has 0 aliphatic heterocycles. The van der Waals surface area contributed by atoms with Gasteiger partial charge in [-0.1, -0.05) is 12.1 Å². The maximum Gasteiger partial charge on any atom is 0.258 e. The van der Waals surface area contributed by atoms with Gasteiger partial charge in [0, 0.05) is 11.6 Å². The number of carbonyl (C=O) groups excluding carboxylic acids is 1. The number of hydrogen-bond acceptors (Lipinski definition) is 4. The summed E-state index contributed by atoms with van der Waals surface area (Å²) < 4.78 is 29.1. The van der Waals surface area contributed by atoms with Gasteiger partial charge < -0.3 is 19.5 Å². The van der Waals surface area contributed by atoms with E-state index in [9.17, 15) is 9.18 Å². The first-order valence-electron chi connectivity index (χ1n) is 7.43. The molecule has 0 heterocycles. The summed E-state index contributed by atoms with van der Waals surface area (Å²) in [6.07, 6.45) is 0. The smallest absolute Gasteiger partial charge is 0.258 e. The summed E-state index contributed by atoms with van der Waals surface area (Å²) in [5.41, 5.74) is 0.803. The van der Waals surface area contributed by atoms with Crippen molar-refractivity contribution in [2.75, 3.05) is 20.8 Å². The number of para-hydroxylation sites is 1. The van der Waals surface area contributed by atoms with Gasteiger partial charge in [-0.2, -0.15) is 0 Å². The Balaban J connectivity index is 1.97. The van der Waals surface area contributed by atoms with Gasteiger partial charge in [0.1, 0.15) is 11.5 Å². The summed E-state index contributed by atoms with van der Waals surface area (Å²) >= 11 is 0. The van der Waals surface area contributed by atoms with E-state index in [-0.39, 0.29) is 24.3 Å². The minimum absolute atomic E-state index is 0.0438. The summed E-state index contributed by atoms with van der Waals surface area (Å²) in [5.74, 6) is 0.454. The van der Waals surface area contributed by atoms with Crippen LogP contribution in [0.3, 0.4) is 0 Å². The lowest BCUT2D eigenvalue weighted by atomic mass is 10.1. The summed E-state index contributed by atoms with van der Waals surface area (Å²) in [6.45, 7) is 1.55. The van der Waals surface area contributed by atoms with Crippen LogP contribution in [0.25, 0.3) is 0 Å². The molecule has 6 heteroatoms. The molecule has 0 aliphatic rings. The highest BCUT2D eigenvalue weighted by Gasteiger charge is 2.15. The topological polar surface area (TPSA) is 56.8 Å². The summed E-state index contributed by atoms with van der Waals surface area (Å²) in [7, 11) is 3.12. The van der Waals surface area contributed by atoms with Crippen LogP contribution in [-0.2, 0) is 4.79 Å². The van der Waals surface area contributed by atoms with E-state index in [1.807, 2.05) is 13.0 Å². The lowest BCUT2D eigenvalue weighted by molar-refractivity contribution is -0.123. The van der Waals surface area contributed by atoms with Crippen molar-refractivity contribution in [3.05, 3.63) is 53.8 Å². The van der Waals surface area contributed by atoms with Gasteiger partial charge in [0.15, 0.2) is 18.2 Å². The van der Waals surface area contributed by atoms with Gasteiger partial charge in [0.05, 0.1) is 20.3 Å². The average Bonchev–Trinajstić information content (AvgIpc) is 2.60.